The Labute approximate surface area is 265 Å². The lowest BCUT2D eigenvalue weighted by molar-refractivity contribution is -0.137. The smallest absolute Gasteiger partial charge is 0.417 e. The number of alkyl halides is 4. The van der Waals surface area contributed by atoms with Crippen LogP contribution in [0.2, 0.25) is 0 Å². The standard InChI is InChI=1S/C33H31F6N7O/c1-16-7-22-25(23(11-40)44-43-22)26(27(16)33(37,38)39)24-21(35)9-20-29(28(24)36)41-31(42-30(20)45-12-17-3-4-18(8-17)13-45)47-15-32-5-2-6-46(32)14-19(34)10-32/h7,9,17-19H,2-6,8,10,12-15H2,1H3,(H,43,44)/t17?,18?,19-,32+/m1/s1. The van der Waals surface area contributed by atoms with Gasteiger partial charge in [-0.1, -0.05) is 0 Å². The van der Waals surface area contributed by atoms with Gasteiger partial charge in [0.25, 0.3) is 0 Å². The highest BCUT2D eigenvalue weighted by molar-refractivity contribution is 6.03. The number of rotatable bonds is 5. The van der Waals surface area contributed by atoms with Crippen molar-refractivity contribution in [3.63, 3.8) is 0 Å². The fourth-order valence-electron chi connectivity index (χ4n) is 8.74. The van der Waals surface area contributed by atoms with E-state index in [1.807, 2.05) is 4.90 Å². The molecule has 1 saturated carbocycles. The molecule has 47 heavy (non-hydrogen) atoms. The van der Waals surface area contributed by atoms with E-state index in [0.717, 1.165) is 44.4 Å². The van der Waals surface area contributed by atoms with Crippen LogP contribution in [0.3, 0.4) is 0 Å². The Hall–Kier alpha value is -4.12. The van der Waals surface area contributed by atoms with Gasteiger partial charge in [0, 0.05) is 42.4 Å². The average Bonchev–Trinajstić information content (AvgIpc) is 3.76. The highest BCUT2D eigenvalue weighted by Crippen LogP contribution is 2.48. The summed E-state index contributed by atoms with van der Waals surface area (Å²) < 4.78 is 97.7. The largest absolute Gasteiger partial charge is 0.461 e. The van der Waals surface area contributed by atoms with Crippen LogP contribution in [0.4, 0.5) is 32.2 Å². The van der Waals surface area contributed by atoms with Gasteiger partial charge in [0.15, 0.2) is 11.5 Å². The third-order valence-electron chi connectivity index (χ3n) is 10.7. The SMILES string of the molecule is Cc1cc2[nH]nc(C#N)c2c(-c2c(F)cc3c(N4CC5CCC(C5)C4)nc(OC[C@@]45CCCN4C[C@H](F)C5)nc3c2F)c1C(F)(F)F. The van der Waals surface area contributed by atoms with E-state index in [0.29, 0.717) is 37.9 Å². The lowest BCUT2D eigenvalue weighted by atomic mass is 9.89. The Morgan fingerprint density at radius 1 is 1.11 bits per heavy atom. The summed E-state index contributed by atoms with van der Waals surface area (Å²) in [5.41, 5.74) is -4.74. The van der Waals surface area contributed by atoms with E-state index in [2.05, 4.69) is 25.1 Å². The van der Waals surface area contributed by atoms with Gasteiger partial charge in [-0.3, -0.25) is 10.00 Å². The predicted molar refractivity (Wildman–Crippen MR) is 161 cm³/mol. The summed E-state index contributed by atoms with van der Waals surface area (Å²) in [6, 6.07) is 3.66. The Bertz CT molecular complexity index is 1960. The predicted octanol–water partition coefficient (Wildman–Crippen LogP) is 6.84. The second-order valence-electron chi connectivity index (χ2n) is 13.6. The summed E-state index contributed by atoms with van der Waals surface area (Å²) in [5.74, 6) is -1.59. The number of halogens is 6. The molecule has 4 aliphatic rings. The topological polar surface area (TPSA) is 94.0 Å². The Kier molecular flexibility index (Phi) is 6.88. The number of ether oxygens (including phenoxy) is 1. The number of nitrogens with zero attached hydrogens (tertiary/aromatic N) is 6. The first kappa shape index (κ1) is 30.2. The first-order valence-corrected chi connectivity index (χ1v) is 15.9. The molecule has 0 radical (unpaired) electrons. The van der Waals surface area contributed by atoms with E-state index in [-0.39, 0.29) is 46.7 Å². The van der Waals surface area contributed by atoms with E-state index >= 15 is 8.78 Å². The molecular formula is C33H31F6N7O. The Morgan fingerprint density at radius 2 is 1.87 bits per heavy atom. The maximum Gasteiger partial charge on any atom is 0.417 e. The summed E-state index contributed by atoms with van der Waals surface area (Å²) >= 11 is 0. The number of hydrogen-bond donors (Lipinski definition) is 1. The van der Waals surface area contributed by atoms with Crippen molar-refractivity contribution in [1.29, 1.82) is 5.26 Å². The number of fused-ring (bicyclic) bond motifs is 5. The van der Waals surface area contributed by atoms with Crippen LogP contribution in [0.5, 0.6) is 6.01 Å². The maximum absolute atomic E-state index is 16.9. The Balaban J connectivity index is 1.34. The van der Waals surface area contributed by atoms with E-state index in [1.165, 1.54) is 6.92 Å². The van der Waals surface area contributed by atoms with Gasteiger partial charge in [-0.15, -0.1) is 0 Å². The molecule has 14 heteroatoms. The van der Waals surface area contributed by atoms with Gasteiger partial charge < -0.3 is 9.64 Å². The minimum absolute atomic E-state index is 0.00732. The quantitative estimate of drug-likeness (QED) is 0.235. The molecule has 2 aromatic carbocycles. The number of anilines is 1. The van der Waals surface area contributed by atoms with Crippen LogP contribution in [0.25, 0.3) is 32.9 Å². The second kappa shape index (κ2) is 10.7. The summed E-state index contributed by atoms with van der Waals surface area (Å²) in [6.07, 6.45) is -1.06. The molecule has 1 aliphatic carbocycles. The summed E-state index contributed by atoms with van der Waals surface area (Å²) in [4.78, 5) is 13.0. The third-order valence-corrected chi connectivity index (χ3v) is 10.7. The second-order valence-corrected chi connectivity index (χ2v) is 13.6. The van der Waals surface area contributed by atoms with Crippen LogP contribution < -0.4 is 9.64 Å². The molecule has 3 saturated heterocycles. The maximum atomic E-state index is 16.9. The first-order chi connectivity index (χ1) is 22.5. The van der Waals surface area contributed by atoms with Crippen LogP contribution >= 0.6 is 0 Å². The molecule has 4 aromatic rings. The lowest BCUT2D eigenvalue weighted by Gasteiger charge is -2.34. The van der Waals surface area contributed by atoms with Crippen LogP contribution in [-0.2, 0) is 6.18 Å². The van der Waals surface area contributed by atoms with Gasteiger partial charge >= 0.3 is 12.2 Å². The number of aromatic nitrogens is 4. The van der Waals surface area contributed by atoms with Gasteiger partial charge in [-0.05, 0) is 75.1 Å². The highest BCUT2D eigenvalue weighted by Gasteiger charge is 2.49. The lowest BCUT2D eigenvalue weighted by Crippen LogP contribution is -2.43. The molecule has 8 nitrogen and oxygen atoms in total. The van der Waals surface area contributed by atoms with Gasteiger partial charge in [-0.2, -0.15) is 33.5 Å². The number of benzene rings is 2. The minimum Gasteiger partial charge on any atom is -0.461 e. The molecule has 246 valence electrons. The number of aromatic amines is 1. The molecule has 2 unspecified atom stereocenters. The van der Waals surface area contributed by atoms with E-state index in [1.54, 1.807) is 6.07 Å². The van der Waals surface area contributed by atoms with Crippen molar-refractivity contribution >= 4 is 27.6 Å². The zero-order valence-corrected chi connectivity index (χ0v) is 25.5. The number of nitrogens with one attached hydrogen (secondary N) is 1. The zero-order valence-electron chi connectivity index (χ0n) is 25.5. The molecular weight excluding hydrogens is 624 g/mol. The van der Waals surface area contributed by atoms with E-state index in [9.17, 15) is 22.8 Å². The molecule has 5 heterocycles. The molecule has 3 aliphatic heterocycles. The van der Waals surface area contributed by atoms with Crippen molar-refractivity contribution in [2.75, 3.05) is 37.7 Å². The molecule has 0 spiro atoms. The molecule has 4 fully saturated rings. The molecule has 2 bridgehead atoms. The fraction of sp³-hybridized carbons (Fsp3) is 0.515. The number of hydrogen-bond acceptors (Lipinski definition) is 7. The highest BCUT2D eigenvalue weighted by atomic mass is 19.4. The molecule has 0 amide bonds. The van der Waals surface area contributed by atoms with Gasteiger partial charge in [0.1, 0.15) is 36.0 Å². The minimum atomic E-state index is -5.02. The zero-order chi connectivity index (χ0) is 32.8. The monoisotopic (exact) mass is 655 g/mol. The fourth-order valence-corrected chi connectivity index (χ4v) is 8.74. The summed E-state index contributed by atoms with van der Waals surface area (Å²) in [6.45, 7) is 3.47. The van der Waals surface area contributed by atoms with Gasteiger partial charge in [0.05, 0.1) is 22.2 Å². The van der Waals surface area contributed by atoms with Crippen molar-refractivity contribution in [2.24, 2.45) is 11.8 Å². The molecule has 8 rings (SSSR count). The third kappa shape index (κ3) is 4.79. The average molecular weight is 656 g/mol. The summed E-state index contributed by atoms with van der Waals surface area (Å²) in [5, 5.41) is 15.7. The van der Waals surface area contributed by atoms with Crippen LogP contribution in [0.1, 0.15) is 55.3 Å². The molecule has 4 atom stereocenters. The van der Waals surface area contributed by atoms with Gasteiger partial charge in [0.2, 0.25) is 0 Å². The number of piperidine rings is 1. The van der Waals surface area contributed by atoms with Crippen molar-refractivity contribution in [2.45, 2.75) is 63.3 Å². The van der Waals surface area contributed by atoms with E-state index in [4.69, 9.17) is 4.74 Å². The first-order valence-electron chi connectivity index (χ1n) is 15.9. The Morgan fingerprint density at radius 3 is 2.60 bits per heavy atom. The molecule has 2 aromatic heterocycles. The van der Waals surface area contributed by atoms with E-state index < -0.39 is 57.4 Å². The van der Waals surface area contributed by atoms with Crippen molar-refractivity contribution in [3.05, 3.63) is 40.6 Å². The number of nitriles is 1. The molecule has 1 N–H and O–H groups in total. The van der Waals surface area contributed by atoms with Crippen molar-refractivity contribution < 1.29 is 31.1 Å². The number of aryl methyl sites for hydroxylation is 1. The number of H-pyrrole nitrogens is 1. The normalized spacial score (nSPS) is 26.0. The van der Waals surface area contributed by atoms with Crippen LogP contribution in [0.15, 0.2) is 12.1 Å². The van der Waals surface area contributed by atoms with Crippen molar-refractivity contribution in [3.8, 4) is 23.2 Å². The van der Waals surface area contributed by atoms with Gasteiger partial charge in [-0.25, -0.2) is 13.2 Å². The van der Waals surface area contributed by atoms with Crippen molar-refractivity contribution in [1.82, 2.24) is 25.1 Å². The van der Waals surface area contributed by atoms with Crippen LogP contribution in [0, 0.1) is 41.7 Å². The van der Waals surface area contributed by atoms with Crippen LogP contribution in [-0.4, -0.2) is 69.6 Å². The summed E-state index contributed by atoms with van der Waals surface area (Å²) in [7, 11) is 0.